The molecular weight excluding hydrogens is 250 g/mol. The molecule has 0 aliphatic carbocycles. The molecule has 0 saturated carbocycles. The van der Waals surface area contributed by atoms with Crippen LogP contribution in [-0.2, 0) is 6.54 Å². The van der Waals surface area contributed by atoms with E-state index in [0.29, 0.717) is 6.61 Å². The van der Waals surface area contributed by atoms with Crippen LogP contribution in [-0.4, -0.2) is 13.7 Å². The zero-order valence-corrected chi connectivity index (χ0v) is 12.3. The van der Waals surface area contributed by atoms with E-state index in [-0.39, 0.29) is 0 Å². The van der Waals surface area contributed by atoms with Crippen LogP contribution in [0.3, 0.4) is 0 Å². The Labute approximate surface area is 120 Å². The molecule has 0 bridgehead atoms. The lowest BCUT2D eigenvalue weighted by Crippen LogP contribution is -2.02. The minimum Gasteiger partial charge on any atom is -0.496 e. The van der Waals surface area contributed by atoms with Gasteiger partial charge in [-0.25, -0.2) is 0 Å². The van der Waals surface area contributed by atoms with Crippen LogP contribution in [0.5, 0.6) is 11.5 Å². The van der Waals surface area contributed by atoms with Gasteiger partial charge in [-0.3, -0.25) is 0 Å². The van der Waals surface area contributed by atoms with Gasteiger partial charge in [-0.05, 0) is 32.0 Å². The van der Waals surface area contributed by atoms with Crippen LogP contribution in [0.15, 0.2) is 42.5 Å². The summed E-state index contributed by atoms with van der Waals surface area (Å²) in [4.78, 5) is 0. The Morgan fingerprint density at radius 2 is 1.95 bits per heavy atom. The van der Waals surface area contributed by atoms with Crippen LogP contribution in [0.25, 0.3) is 0 Å². The number of methoxy groups -OCH3 is 1. The molecule has 2 aromatic carbocycles. The van der Waals surface area contributed by atoms with E-state index < -0.39 is 0 Å². The number of benzene rings is 2. The largest absolute Gasteiger partial charge is 0.496 e. The highest BCUT2D eigenvalue weighted by molar-refractivity contribution is 5.49. The van der Waals surface area contributed by atoms with Crippen molar-refractivity contribution in [1.82, 2.24) is 0 Å². The highest BCUT2D eigenvalue weighted by atomic mass is 16.5. The molecule has 106 valence electrons. The van der Waals surface area contributed by atoms with Gasteiger partial charge in [0.25, 0.3) is 0 Å². The summed E-state index contributed by atoms with van der Waals surface area (Å²) in [6, 6.07) is 14.2. The minimum atomic E-state index is 0.676. The molecule has 0 aromatic heterocycles. The van der Waals surface area contributed by atoms with E-state index >= 15 is 0 Å². The smallest absolute Gasteiger partial charge is 0.123 e. The summed E-state index contributed by atoms with van der Waals surface area (Å²) in [6.07, 6.45) is 0. The number of ether oxygens (including phenoxy) is 2. The first kappa shape index (κ1) is 14.3. The maximum Gasteiger partial charge on any atom is 0.123 e. The third kappa shape index (κ3) is 3.67. The normalized spacial score (nSPS) is 10.2. The highest BCUT2D eigenvalue weighted by Crippen LogP contribution is 2.22. The number of hydrogen-bond acceptors (Lipinski definition) is 3. The van der Waals surface area contributed by atoms with Gasteiger partial charge in [0.2, 0.25) is 0 Å². The predicted octanol–water partition coefficient (Wildman–Crippen LogP) is 4.01. The molecule has 0 radical (unpaired) electrons. The van der Waals surface area contributed by atoms with Gasteiger partial charge in [-0.15, -0.1) is 0 Å². The van der Waals surface area contributed by atoms with Crippen molar-refractivity contribution in [2.45, 2.75) is 20.4 Å². The lowest BCUT2D eigenvalue weighted by Gasteiger charge is -2.12. The van der Waals surface area contributed by atoms with Crippen molar-refractivity contribution in [1.29, 1.82) is 0 Å². The molecule has 1 N–H and O–H groups in total. The van der Waals surface area contributed by atoms with Crippen molar-refractivity contribution in [3.8, 4) is 11.5 Å². The third-order valence-electron chi connectivity index (χ3n) is 3.06. The van der Waals surface area contributed by atoms with Gasteiger partial charge >= 0.3 is 0 Å². The molecule has 0 aliphatic heterocycles. The van der Waals surface area contributed by atoms with Crippen LogP contribution in [0.4, 0.5) is 5.69 Å². The number of rotatable bonds is 6. The average Bonchev–Trinajstić information content (AvgIpc) is 2.46. The average molecular weight is 271 g/mol. The van der Waals surface area contributed by atoms with Crippen molar-refractivity contribution >= 4 is 5.69 Å². The first-order valence-corrected chi connectivity index (χ1v) is 6.83. The molecule has 2 aromatic rings. The van der Waals surface area contributed by atoms with Crippen LogP contribution in [0.2, 0.25) is 0 Å². The lowest BCUT2D eigenvalue weighted by atomic mass is 10.1. The summed E-state index contributed by atoms with van der Waals surface area (Å²) in [6.45, 7) is 5.46. The molecule has 0 fully saturated rings. The number of nitrogens with one attached hydrogen (secondary N) is 1. The van der Waals surface area contributed by atoms with Crippen molar-refractivity contribution in [2.24, 2.45) is 0 Å². The second-order valence-electron chi connectivity index (χ2n) is 4.63. The molecule has 0 atom stereocenters. The van der Waals surface area contributed by atoms with E-state index in [1.165, 1.54) is 5.56 Å². The van der Waals surface area contributed by atoms with Gasteiger partial charge < -0.3 is 14.8 Å². The first-order valence-electron chi connectivity index (χ1n) is 6.83. The van der Waals surface area contributed by atoms with Crippen molar-refractivity contribution in [3.63, 3.8) is 0 Å². The lowest BCUT2D eigenvalue weighted by molar-refractivity contribution is 0.340. The third-order valence-corrected chi connectivity index (χ3v) is 3.06. The molecule has 0 saturated heterocycles. The van der Waals surface area contributed by atoms with Gasteiger partial charge in [-0.1, -0.05) is 23.8 Å². The van der Waals surface area contributed by atoms with Crippen LogP contribution < -0.4 is 14.8 Å². The zero-order valence-electron chi connectivity index (χ0n) is 12.3. The second kappa shape index (κ2) is 6.85. The Morgan fingerprint density at radius 3 is 2.70 bits per heavy atom. The number of anilines is 1. The topological polar surface area (TPSA) is 30.5 Å². The fourth-order valence-corrected chi connectivity index (χ4v) is 2.11. The van der Waals surface area contributed by atoms with Gasteiger partial charge in [0.05, 0.1) is 13.7 Å². The van der Waals surface area contributed by atoms with E-state index in [4.69, 9.17) is 9.47 Å². The summed E-state index contributed by atoms with van der Waals surface area (Å²) in [7, 11) is 1.70. The Morgan fingerprint density at radius 1 is 1.10 bits per heavy atom. The van der Waals surface area contributed by atoms with Gasteiger partial charge in [-0.2, -0.15) is 0 Å². The highest BCUT2D eigenvalue weighted by Gasteiger charge is 2.03. The van der Waals surface area contributed by atoms with E-state index in [2.05, 4.69) is 24.4 Å². The maximum atomic E-state index is 5.50. The predicted molar refractivity (Wildman–Crippen MR) is 82.7 cm³/mol. The van der Waals surface area contributed by atoms with Crippen molar-refractivity contribution in [2.75, 3.05) is 19.0 Å². The Hall–Kier alpha value is -2.16. The summed E-state index contributed by atoms with van der Waals surface area (Å²) in [5, 5.41) is 3.40. The van der Waals surface area contributed by atoms with E-state index in [1.807, 2.05) is 37.3 Å². The Kier molecular flexibility index (Phi) is 4.88. The standard InChI is InChI=1S/C17H21NO2/c1-4-20-16-7-5-6-15(11-16)18-12-14-10-13(2)8-9-17(14)19-3/h5-11,18H,4,12H2,1-3H3. The molecule has 3 heteroatoms. The zero-order chi connectivity index (χ0) is 14.4. The van der Waals surface area contributed by atoms with E-state index in [1.54, 1.807) is 7.11 Å². The molecule has 0 heterocycles. The Bertz CT molecular complexity index is 567. The Balaban J connectivity index is 2.08. The molecular formula is C17H21NO2. The molecule has 0 aliphatic rings. The second-order valence-corrected chi connectivity index (χ2v) is 4.63. The van der Waals surface area contributed by atoms with Gasteiger partial charge in [0.15, 0.2) is 0 Å². The number of hydrogen-bond donors (Lipinski definition) is 1. The summed E-state index contributed by atoms with van der Waals surface area (Å²) >= 11 is 0. The molecule has 0 spiro atoms. The summed E-state index contributed by atoms with van der Waals surface area (Å²) in [5.41, 5.74) is 3.42. The van der Waals surface area contributed by atoms with Crippen molar-refractivity contribution < 1.29 is 9.47 Å². The molecule has 0 amide bonds. The first-order chi connectivity index (χ1) is 9.72. The van der Waals surface area contributed by atoms with Crippen LogP contribution in [0.1, 0.15) is 18.1 Å². The monoisotopic (exact) mass is 271 g/mol. The quantitative estimate of drug-likeness (QED) is 0.861. The molecule has 20 heavy (non-hydrogen) atoms. The van der Waals surface area contributed by atoms with E-state index in [9.17, 15) is 0 Å². The molecule has 0 unspecified atom stereocenters. The van der Waals surface area contributed by atoms with Gasteiger partial charge in [0.1, 0.15) is 11.5 Å². The van der Waals surface area contributed by atoms with Crippen LogP contribution >= 0.6 is 0 Å². The number of aryl methyl sites for hydroxylation is 1. The summed E-state index contributed by atoms with van der Waals surface area (Å²) < 4.78 is 10.9. The fourth-order valence-electron chi connectivity index (χ4n) is 2.11. The maximum absolute atomic E-state index is 5.50. The minimum absolute atomic E-state index is 0.676. The van der Waals surface area contributed by atoms with Crippen molar-refractivity contribution in [3.05, 3.63) is 53.6 Å². The molecule has 3 nitrogen and oxygen atoms in total. The van der Waals surface area contributed by atoms with E-state index in [0.717, 1.165) is 29.3 Å². The molecule has 2 rings (SSSR count). The van der Waals surface area contributed by atoms with Gasteiger partial charge in [0, 0.05) is 23.9 Å². The van der Waals surface area contributed by atoms with Crippen LogP contribution in [0, 0.1) is 6.92 Å². The summed E-state index contributed by atoms with van der Waals surface area (Å²) in [5.74, 6) is 1.79. The fraction of sp³-hybridized carbons (Fsp3) is 0.294. The SMILES string of the molecule is CCOc1cccc(NCc2cc(C)ccc2OC)c1.